The summed E-state index contributed by atoms with van der Waals surface area (Å²) in [4.78, 5) is 9.48. The summed E-state index contributed by atoms with van der Waals surface area (Å²) >= 11 is 0. The Morgan fingerprint density at radius 2 is 1.03 bits per heavy atom. The number of nitrogens with zero attached hydrogens (tertiary/aromatic N) is 2. The van der Waals surface area contributed by atoms with Crippen LogP contribution in [0.15, 0.2) is 109 Å². The normalized spacial score (nSPS) is 11.2. The second kappa shape index (κ2) is 8.24. The van der Waals surface area contributed by atoms with Gasteiger partial charge in [-0.05, 0) is 70.1 Å². The van der Waals surface area contributed by atoms with Crippen molar-refractivity contribution in [1.29, 1.82) is 0 Å². The fourth-order valence-electron chi connectivity index (χ4n) is 4.90. The Morgan fingerprint density at radius 1 is 0.471 bits per heavy atom. The van der Waals surface area contributed by atoms with Crippen LogP contribution in [-0.4, -0.2) is 9.97 Å². The summed E-state index contributed by atoms with van der Waals surface area (Å²) in [6.07, 6.45) is 0. The molecule has 34 heavy (non-hydrogen) atoms. The fourth-order valence-corrected chi connectivity index (χ4v) is 4.90. The van der Waals surface area contributed by atoms with Crippen molar-refractivity contribution >= 4 is 21.7 Å². The average Bonchev–Trinajstić information content (AvgIpc) is 2.88. The van der Waals surface area contributed by atoms with Crippen LogP contribution in [0.25, 0.3) is 55.1 Å². The smallest absolute Gasteiger partial charge is 0.126 e. The molecule has 6 rings (SSSR count). The zero-order valence-electron chi connectivity index (χ0n) is 19.3. The third kappa shape index (κ3) is 3.54. The van der Waals surface area contributed by atoms with Gasteiger partial charge >= 0.3 is 0 Å². The number of fused-ring (bicyclic) bond motifs is 3. The largest absolute Gasteiger partial charge is 0.238 e. The molecule has 2 nitrogen and oxygen atoms in total. The molecule has 0 aliphatic heterocycles. The number of hydrogen-bond donors (Lipinski definition) is 0. The molecule has 0 amide bonds. The van der Waals surface area contributed by atoms with Gasteiger partial charge in [0.1, 0.15) is 5.82 Å². The molecule has 0 saturated heterocycles. The number of aryl methyl sites for hydroxylation is 2. The van der Waals surface area contributed by atoms with E-state index in [0.717, 1.165) is 22.4 Å². The summed E-state index contributed by atoms with van der Waals surface area (Å²) in [6.45, 7) is 4.04. The molecule has 6 aromatic rings. The lowest BCUT2D eigenvalue weighted by Crippen LogP contribution is -1.96. The number of benzene rings is 5. The summed E-state index contributed by atoms with van der Waals surface area (Å²) in [7, 11) is 0. The summed E-state index contributed by atoms with van der Waals surface area (Å²) in [6, 6.07) is 38.9. The van der Waals surface area contributed by atoms with E-state index >= 15 is 0 Å². The third-order valence-electron chi connectivity index (χ3n) is 6.50. The predicted molar refractivity (Wildman–Crippen MR) is 143 cm³/mol. The van der Waals surface area contributed by atoms with Crippen molar-refractivity contribution in [1.82, 2.24) is 9.97 Å². The van der Waals surface area contributed by atoms with E-state index in [1.54, 1.807) is 0 Å². The molecule has 0 aliphatic carbocycles. The zero-order chi connectivity index (χ0) is 23.1. The molecule has 0 saturated carbocycles. The second-order valence-electron chi connectivity index (χ2n) is 8.74. The van der Waals surface area contributed by atoms with Crippen molar-refractivity contribution in [2.75, 3.05) is 0 Å². The summed E-state index contributed by atoms with van der Waals surface area (Å²) in [5.41, 5.74) is 9.25. The molecule has 5 aromatic carbocycles. The van der Waals surface area contributed by atoms with Crippen molar-refractivity contribution in [3.05, 3.63) is 121 Å². The van der Waals surface area contributed by atoms with E-state index < -0.39 is 0 Å². The molecular weight excluding hydrogens is 412 g/mol. The Hall–Kier alpha value is -4.30. The molecule has 0 N–H and O–H groups in total. The fraction of sp³-hybridized carbons (Fsp3) is 0.0625. The van der Waals surface area contributed by atoms with Crippen LogP contribution in [0.1, 0.15) is 11.5 Å². The lowest BCUT2D eigenvalue weighted by Gasteiger charge is -2.14. The van der Waals surface area contributed by atoms with Gasteiger partial charge < -0.3 is 0 Å². The zero-order valence-corrected chi connectivity index (χ0v) is 19.3. The number of hydrogen-bond acceptors (Lipinski definition) is 2. The van der Waals surface area contributed by atoms with Crippen molar-refractivity contribution in [2.45, 2.75) is 13.8 Å². The van der Waals surface area contributed by atoms with Gasteiger partial charge in [0.15, 0.2) is 0 Å². The summed E-state index contributed by atoms with van der Waals surface area (Å²) in [5, 5.41) is 3.54. The van der Waals surface area contributed by atoms with Crippen molar-refractivity contribution in [3.8, 4) is 33.4 Å². The van der Waals surface area contributed by atoms with Crippen LogP contribution in [0, 0.1) is 13.8 Å². The van der Waals surface area contributed by atoms with Crippen LogP contribution in [-0.2, 0) is 0 Å². The predicted octanol–water partition coefficient (Wildman–Crippen LogP) is 8.40. The van der Waals surface area contributed by atoms with Gasteiger partial charge in [-0.2, -0.15) is 0 Å². The Morgan fingerprint density at radius 3 is 1.71 bits per heavy atom. The molecule has 0 fully saturated rings. The Bertz CT molecular complexity index is 1630. The molecule has 0 spiro atoms. The SMILES string of the molecule is Cc1nc(C)c2c(cc(-c3ccc(-c4ccccc4)cc3)c3cc(-c4ccccc4)ccc32)n1. The highest BCUT2D eigenvalue weighted by Crippen LogP contribution is 2.38. The van der Waals surface area contributed by atoms with Crippen molar-refractivity contribution in [3.63, 3.8) is 0 Å². The van der Waals surface area contributed by atoms with Crippen LogP contribution in [0.4, 0.5) is 0 Å². The quantitative estimate of drug-likeness (QED) is 0.260. The maximum absolute atomic E-state index is 4.81. The van der Waals surface area contributed by atoms with Crippen LogP contribution >= 0.6 is 0 Å². The Kier molecular flexibility index (Phi) is 4.92. The first-order valence-electron chi connectivity index (χ1n) is 11.6. The van der Waals surface area contributed by atoms with Gasteiger partial charge in [0.25, 0.3) is 0 Å². The van der Waals surface area contributed by atoms with E-state index in [2.05, 4.69) is 121 Å². The van der Waals surface area contributed by atoms with E-state index in [-0.39, 0.29) is 0 Å². The van der Waals surface area contributed by atoms with Gasteiger partial charge in [0.2, 0.25) is 0 Å². The molecule has 0 aliphatic rings. The molecule has 2 heteroatoms. The highest BCUT2D eigenvalue weighted by atomic mass is 14.9. The lowest BCUT2D eigenvalue weighted by atomic mass is 9.91. The molecular formula is C32H24N2. The van der Waals surface area contributed by atoms with Gasteiger partial charge in [0, 0.05) is 11.1 Å². The number of aromatic nitrogens is 2. The molecule has 1 heterocycles. The first-order chi connectivity index (χ1) is 16.7. The highest BCUT2D eigenvalue weighted by Gasteiger charge is 2.14. The monoisotopic (exact) mass is 436 g/mol. The molecule has 0 unspecified atom stereocenters. The van der Waals surface area contributed by atoms with E-state index in [1.165, 1.54) is 44.2 Å². The maximum Gasteiger partial charge on any atom is 0.126 e. The van der Waals surface area contributed by atoms with Crippen LogP contribution in [0.3, 0.4) is 0 Å². The first kappa shape index (κ1) is 20.3. The summed E-state index contributed by atoms with van der Waals surface area (Å²) in [5.74, 6) is 0.802. The maximum atomic E-state index is 4.81. The molecule has 0 radical (unpaired) electrons. The first-order valence-corrected chi connectivity index (χ1v) is 11.6. The topological polar surface area (TPSA) is 25.8 Å². The summed E-state index contributed by atoms with van der Waals surface area (Å²) < 4.78 is 0. The second-order valence-corrected chi connectivity index (χ2v) is 8.74. The molecule has 0 atom stereocenters. The minimum atomic E-state index is 0.802. The van der Waals surface area contributed by atoms with Gasteiger partial charge in [-0.3, -0.25) is 0 Å². The molecule has 1 aromatic heterocycles. The van der Waals surface area contributed by atoms with E-state index in [0.29, 0.717) is 0 Å². The minimum absolute atomic E-state index is 0.802. The average molecular weight is 437 g/mol. The standard InChI is InChI=1S/C32H24N2/c1-21-32-28-18-17-27(24-11-7-4-8-12-24)19-30(28)29(20-31(32)34-22(2)33-21)26-15-13-25(14-16-26)23-9-5-3-6-10-23/h3-20H,1-2H3. The van der Waals surface area contributed by atoms with Crippen molar-refractivity contribution in [2.24, 2.45) is 0 Å². The Labute approximate surface area is 199 Å². The van der Waals surface area contributed by atoms with Gasteiger partial charge in [-0.15, -0.1) is 0 Å². The van der Waals surface area contributed by atoms with Crippen LogP contribution in [0.2, 0.25) is 0 Å². The third-order valence-corrected chi connectivity index (χ3v) is 6.50. The Balaban J connectivity index is 1.61. The van der Waals surface area contributed by atoms with E-state index in [9.17, 15) is 0 Å². The van der Waals surface area contributed by atoms with Gasteiger partial charge in [-0.1, -0.05) is 97.1 Å². The van der Waals surface area contributed by atoms with Crippen LogP contribution < -0.4 is 0 Å². The lowest BCUT2D eigenvalue weighted by molar-refractivity contribution is 1.05. The van der Waals surface area contributed by atoms with Crippen LogP contribution in [0.5, 0.6) is 0 Å². The minimum Gasteiger partial charge on any atom is -0.238 e. The molecule has 162 valence electrons. The number of rotatable bonds is 3. The van der Waals surface area contributed by atoms with E-state index in [4.69, 9.17) is 4.98 Å². The van der Waals surface area contributed by atoms with E-state index in [1.807, 2.05) is 6.92 Å². The van der Waals surface area contributed by atoms with Crippen molar-refractivity contribution < 1.29 is 0 Å². The molecule has 0 bridgehead atoms. The van der Waals surface area contributed by atoms with Gasteiger partial charge in [-0.25, -0.2) is 9.97 Å². The highest BCUT2D eigenvalue weighted by molar-refractivity contribution is 6.14. The van der Waals surface area contributed by atoms with Gasteiger partial charge in [0.05, 0.1) is 5.52 Å².